The Morgan fingerprint density at radius 1 is 1.24 bits per heavy atom. The first-order valence-electron chi connectivity index (χ1n) is 12.0. The molecule has 176 valence electrons. The van der Waals surface area contributed by atoms with Crippen LogP contribution < -0.4 is 0 Å². The Kier molecular flexibility index (Phi) is 4.87. The lowest BCUT2D eigenvalue weighted by Crippen LogP contribution is -2.46. The van der Waals surface area contributed by atoms with Gasteiger partial charge >= 0.3 is 6.18 Å². The molecule has 6 rings (SSSR count). The molecule has 2 saturated carbocycles. The first-order valence-corrected chi connectivity index (χ1v) is 12.0. The van der Waals surface area contributed by atoms with E-state index in [-0.39, 0.29) is 17.9 Å². The van der Waals surface area contributed by atoms with Gasteiger partial charge < -0.3 is 14.2 Å². The van der Waals surface area contributed by atoms with Crippen LogP contribution in [0, 0.1) is 11.3 Å². The summed E-state index contributed by atoms with van der Waals surface area (Å²) in [4.78, 5) is 19.8. The molecule has 2 aliphatic heterocycles. The van der Waals surface area contributed by atoms with Crippen molar-refractivity contribution in [1.82, 2.24) is 14.5 Å². The summed E-state index contributed by atoms with van der Waals surface area (Å²) in [7, 11) is 0. The van der Waals surface area contributed by atoms with Gasteiger partial charge in [-0.3, -0.25) is 9.78 Å². The van der Waals surface area contributed by atoms with Crippen molar-refractivity contribution in [3.05, 3.63) is 52.6 Å². The van der Waals surface area contributed by atoms with E-state index in [4.69, 9.17) is 4.74 Å². The van der Waals surface area contributed by atoms with Crippen LogP contribution in [-0.2, 0) is 41.7 Å². The molecule has 0 radical (unpaired) electrons. The van der Waals surface area contributed by atoms with Gasteiger partial charge in [-0.1, -0.05) is 6.42 Å². The molecule has 3 atom stereocenters. The van der Waals surface area contributed by atoms with Crippen molar-refractivity contribution in [3.8, 4) is 0 Å². The average Bonchev–Trinajstić information content (AvgIpc) is 3.49. The zero-order chi connectivity index (χ0) is 22.8. The lowest BCUT2D eigenvalue weighted by Gasteiger charge is -2.37. The highest BCUT2D eigenvalue weighted by Crippen LogP contribution is 2.59. The number of nitrogens with zero attached hydrogens (tertiary/aromatic N) is 3. The van der Waals surface area contributed by atoms with Gasteiger partial charge in [0.1, 0.15) is 0 Å². The monoisotopic (exact) mass is 459 g/mol. The minimum Gasteiger partial charge on any atom is -0.376 e. The van der Waals surface area contributed by atoms with Gasteiger partial charge in [-0.25, -0.2) is 0 Å². The Labute approximate surface area is 190 Å². The highest BCUT2D eigenvalue weighted by molar-refractivity contribution is 5.84. The molecule has 0 N–H and O–H groups in total. The summed E-state index contributed by atoms with van der Waals surface area (Å²) < 4.78 is 47.6. The Bertz CT molecular complexity index is 1100. The van der Waals surface area contributed by atoms with Crippen LogP contribution in [0.15, 0.2) is 24.5 Å². The van der Waals surface area contributed by atoms with E-state index in [2.05, 4.69) is 21.8 Å². The minimum atomic E-state index is -4.43. The Morgan fingerprint density at radius 2 is 2.12 bits per heavy atom. The Morgan fingerprint density at radius 3 is 2.97 bits per heavy atom. The first-order chi connectivity index (χ1) is 15.8. The normalized spacial score (nSPS) is 29.0. The summed E-state index contributed by atoms with van der Waals surface area (Å²) in [5.74, 6) is 0.480. The van der Waals surface area contributed by atoms with E-state index in [9.17, 15) is 18.0 Å². The molecule has 2 fully saturated rings. The molecule has 0 bridgehead atoms. The van der Waals surface area contributed by atoms with Crippen molar-refractivity contribution >= 4 is 5.91 Å². The summed E-state index contributed by atoms with van der Waals surface area (Å²) in [6.45, 7) is 2.14. The van der Waals surface area contributed by atoms with E-state index in [0.717, 1.165) is 51.3 Å². The number of rotatable bonds is 2. The number of amides is 1. The Balaban J connectivity index is 1.25. The predicted octanol–water partition coefficient (Wildman–Crippen LogP) is 4.68. The molecular formula is C25H28F3N3O2. The fourth-order valence-corrected chi connectivity index (χ4v) is 6.88. The van der Waals surface area contributed by atoms with Crippen LogP contribution in [0.25, 0.3) is 0 Å². The van der Waals surface area contributed by atoms with Gasteiger partial charge in [-0.2, -0.15) is 13.2 Å². The van der Waals surface area contributed by atoms with Crippen LogP contribution in [0.1, 0.15) is 66.2 Å². The number of ether oxygens (including phenoxy) is 1. The number of hydrogen-bond acceptors (Lipinski definition) is 3. The third-order valence-electron chi connectivity index (χ3n) is 8.45. The highest BCUT2D eigenvalue weighted by Gasteiger charge is 2.56. The highest BCUT2D eigenvalue weighted by atomic mass is 19.4. The van der Waals surface area contributed by atoms with Crippen LogP contribution in [0.3, 0.4) is 0 Å². The quantitative estimate of drug-likeness (QED) is 0.655. The van der Waals surface area contributed by atoms with Gasteiger partial charge in [0.2, 0.25) is 5.91 Å². The summed E-state index contributed by atoms with van der Waals surface area (Å²) in [5, 5.41) is 0. The van der Waals surface area contributed by atoms with Gasteiger partial charge in [0, 0.05) is 55.8 Å². The fraction of sp³-hybridized carbons (Fsp3) is 0.600. The third kappa shape index (κ3) is 3.40. The van der Waals surface area contributed by atoms with E-state index in [1.165, 1.54) is 17.3 Å². The van der Waals surface area contributed by atoms with Gasteiger partial charge in [0.15, 0.2) is 0 Å². The van der Waals surface area contributed by atoms with Crippen LogP contribution >= 0.6 is 0 Å². The summed E-state index contributed by atoms with van der Waals surface area (Å²) in [6, 6.07) is 3.62. The lowest BCUT2D eigenvalue weighted by atomic mass is 9.78. The van der Waals surface area contributed by atoms with Crippen LogP contribution in [0.2, 0.25) is 0 Å². The minimum absolute atomic E-state index is 0.139. The summed E-state index contributed by atoms with van der Waals surface area (Å²) in [5.41, 5.74) is 2.67. The molecule has 0 spiro atoms. The number of aromatic nitrogens is 2. The third-order valence-corrected chi connectivity index (χ3v) is 8.45. The van der Waals surface area contributed by atoms with Gasteiger partial charge in [-0.15, -0.1) is 0 Å². The van der Waals surface area contributed by atoms with Crippen molar-refractivity contribution in [2.45, 2.75) is 70.3 Å². The number of hydrogen-bond donors (Lipinski definition) is 0. The fourth-order valence-electron chi connectivity index (χ4n) is 6.88. The van der Waals surface area contributed by atoms with Gasteiger partial charge in [0.05, 0.1) is 24.2 Å². The molecule has 2 aromatic rings. The van der Waals surface area contributed by atoms with Gasteiger partial charge in [-0.05, 0) is 54.9 Å². The van der Waals surface area contributed by atoms with E-state index in [0.29, 0.717) is 42.8 Å². The summed E-state index contributed by atoms with van der Waals surface area (Å²) in [6.07, 6.45) is 4.85. The maximum Gasteiger partial charge on any atom is 0.417 e. The maximum absolute atomic E-state index is 14.0. The second kappa shape index (κ2) is 7.58. The predicted molar refractivity (Wildman–Crippen MR) is 114 cm³/mol. The van der Waals surface area contributed by atoms with Crippen LogP contribution in [-0.4, -0.2) is 33.5 Å². The van der Waals surface area contributed by atoms with E-state index in [1.54, 1.807) is 0 Å². The topological polar surface area (TPSA) is 47.4 Å². The standard InChI is InChI=1S/C25H28F3N3O2/c26-25(27,28)19-10-17-14-30(7-4-21(17)29-13-19)23(32)24-6-1-2-18(24)11-20(12-24)31-8-3-16-15-33-9-5-22(16)31/h3,8,10,13,18,20H,1-2,4-7,9,11-12,14-15H2/t18-,20-,24-/m1/s1. The van der Waals surface area contributed by atoms with Crippen molar-refractivity contribution in [2.24, 2.45) is 11.3 Å². The maximum atomic E-state index is 14.0. The van der Waals surface area contributed by atoms with E-state index >= 15 is 0 Å². The van der Waals surface area contributed by atoms with Crippen LogP contribution in [0.4, 0.5) is 13.2 Å². The number of fused-ring (bicyclic) bond motifs is 3. The molecule has 2 aromatic heterocycles. The number of halogens is 3. The molecule has 0 saturated heterocycles. The van der Waals surface area contributed by atoms with Crippen molar-refractivity contribution < 1.29 is 22.7 Å². The molecule has 5 nitrogen and oxygen atoms in total. The molecule has 2 aliphatic carbocycles. The average molecular weight is 460 g/mol. The largest absolute Gasteiger partial charge is 0.417 e. The van der Waals surface area contributed by atoms with Crippen molar-refractivity contribution in [2.75, 3.05) is 13.2 Å². The van der Waals surface area contributed by atoms with E-state index < -0.39 is 11.7 Å². The molecule has 0 unspecified atom stereocenters. The number of pyridine rings is 1. The molecular weight excluding hydrogens is 431 g/mol. The number of alkyl halides is 3. The molecule has 1 amide bonds. The zero-order valence-electron chi connectivity index (χ0n) is 18.5. The molecule has 33 heavy (non-hydrogen) atoms. The molecule has 0 aromatic carbocycles. The van der Waals surface area contributed by atoms with Crippen LogP contribution in [0.5, 0.6) is 0 Å². The smallest absolute Gasteiger partial charge is 0.376 e. The molecule has 4 aliphatic rings. The first kappa shape index (κ1) is 21.2. The number of carbonyl (C=O) groups is 1. The van der Waals surface area contributed by atoms with Crippen molar-refractivity contribution in [3.63, 3.8) is 0 Å². The molecule has 8 heteroatoms. The molecule has 4 heterocycles. The second-order valence-corrected chi connectivity index (χ2v) is 10.1. The lowest BCUT2D eigenvalue weighted by molar-refractivity contribution is -0.144. The SMILES string of the molecule is O=C(N1CCc2ncc(C(F)(F)F)cc2C1)[C@@]12CCC[C@@H]1C[C@@H](n1ccc3c1CCOC3)C2. The number of carbonyl (C=O) groups excluding carboxylic acids is 1. The van der Waals surface area contributed by atoms with E-state index in [1.807, 2.05) is 4.90 Å². The Hall–Kier alpha value is -2.35. The van der Waals surface area contributed by atoms with Crippen molar-refractivity contribution in [1.29, 1.82) is 0 Å². The zero-order valence-corrected chi connectivity index (χ0v) is 18.5. The van der Waals surface area contributed by atoms with Gasteiger partial charge in [0.25, 0.3) is 0 Å². The second-order valence-electron chi connectivity index (χ2n) is 10.1. The summed E-state index contributed by atoms with van der Waals surface area (Å²) >= 11 is 0.